The molecule has 5 saturated heterocycles. The van der Waals surface area contributed by atoms with Gasteiger partial charge in [-0.15, -0.1) is 0 Å². The minimum Gasteiger partial charge on any atom is -0.394 e. The normalized spacial score (nSPS) is 57.7. The Bertz CT molecular complexity index is 2050. The Morgan fingerprint density at radius 1 is 0.630 bits per heavy atom. The number of rotatable bonds is 10. The van der Waals surface area contributed by atoms with Crippen LogP contribution in [0, 0.1) is 50.2 Å². The zero-order valence-corrected chi connectivity index (χ0v) is 43.1. The molecule has 5 aliphatic carbocycles. The Labute approximate surface area is 426 Å². The van der Waals surface area contributed by atoms with E-state index in [0.29, 0.717) is 44.5 Å². The van der Waals surface area contributed by atoms with Crippen molar-refractivity contribution in [2.24, 2.45) is 50.2 Å². The SMILES string of the molecule is CC1OC(OC2C(O)C(CO)OC(OC3COC(OC4CCC5(C)C(CCC6(C)C5CCC57OCC8(CCC(C)(C=O)CC85)C(=O)CC67C)C4(C)C)C(O)C3O)C2OC2OCC(O)C(O)C2O)C(O)C(O)C1O. The van der Waals surface area contributed by atoms with Crippen LogP contribution in [0.5, 0.6) is 0 Å². The van der Waals surface area contributed by atoms with E-state index in [9.17, 15) is 60.7 Å². The van der Waals surface area contributed by atoms with Crippen molar-refractivity contribution in [2.45, 2.75) is 235 Å². The molecule has 10 aliphatic rings. The molecule has 5 saturated carbocycles. The molecule has 10 N–H and O–H groups in total. The van der Waals surface area contributed by atoms with Crippen molar-refractivity contribution >= 4 is 12.1 Å². The van der Waals surface area contributed by atoms with E-state index in [1.54, 1.807) is 0 Å². The summed E-state index contributed by atoms with van der Waals surface area (Å²) in [4.78, 5) is 27.1. The summed E-state index contributed by atoms with van der Waals surface area (Å²) in [5, 5.41) is 109. The number of hydrogen-bond donors (Lipinski definition) is 10. The number of Topliss-reactive ketones (excluding diaryl/α,β-unsaturated/α-hetero) is 1. The molecule has 1 spiro atoms. The summed E-state index contributed by atoms with van der Waals surface area (Å²) in [6, 6.07) is 0. The van der Waals surface area contributed by atoms with Crippen molar-refractivity contribution in [1.29, 1.82) is 0 Å². The quantitative estimate of drug-likeness (QED) is 0.0960. The van der Waals surface area contributed by atoms with Crippen molar-refractivity contribution in [3.8, 4) is 0 Å². The summed E-state index contributed by atoms with van der Waals surface area (Å²) in [5.41, 5.74) is -2.70. The van der Waals surface area contributed by atoms with Crippen LogP contribution in [0.3, 0.4) is 0 Å². The number of carbonyl (C=O) groups excluding carboxylic acids is 2. The minimum atomic E-state index is -1.86. The lowest BCUT2D eigenvalue weighted by atomic mass is 9.30. The van der Waals surface area contributed by atoms with Crippen molar-refractivity contribution in [1.82, 2.24) is 0 Å². The second-order valence-corrected chi connectivity index (χ2v) is 25.6. The summed E-state index contributed by atoms with van der Waals surface area (Å²) in [6.45, 7) is 13.8. The maximum atomic E-state index is 14.6. The fourth-order valence-electron chi connectivity index (χ4n) is 17.1. The standard InChI is InChI=1S/C52H82O21/c1-23-32(57)36(61)39(64)44(68-23)72-40-35(60)25(18-53)69-45(41(40)73-43-37(62)33(58)24(55)19-65-43)70-26-20-66-42(38(63)34(26)59)71-31-10-11-48(5)27(46(31,2)3)8-12-49(6)28(48)9-13-52-29-16-47(4,21-54)14-15-51(29,22-67-52)30(56)17-50(49,52)7/h21,23-29,31-45,53,55,57-64H,8-20,22H2,1-7H3. The maximum Gasteiger partial charge on any atom is 0.187 e. The molecule has 5 heterocycles. The van der Waals surface area contributed by atoms with Crippen molar-refractivity contribution < 1.29 is 103 Å². The van der Waals surface area contributed by atoms with E-state index >= 15 is 0 Å². The first kappa shape index (κ1) is 54.9. The maximum absolute atomic E-state index is 14.6. The number of hydrogen-bond acceptors (Lipinski definition) is 21. The smallest absolute Gasteiger partial charge is 0.187 e. The molecule has 21 nitrogen and oxygen atoms in total. The molecule has 10 fully saturated rings. The van der Waals surface area contributed by atoms with Gasteiger partial charge in [-0.3, -0.25) is 4.79 Å². The van der Waals surface area contributed by atoms with Crippen LogP contribution < -0.4 is 0 Å². The first-order chi connectivity index (χ1) is 34.3. The largest absolute Gasteiger partial charge is 0.394 e. The molecular formula is C52H82O21. The third-order valence-corrected chi connectivity index (χ3v) is 21.7. The molecule has 2 bridgehead atoms. The van der Waals surface area contributed by atoms with Crippen LogP contribution in [0.1, 0.15) is 113 Å². The molecule has 21 heteroatoms. The number of ether oxygens (including phenoxy) is 9. The molecule has 0 aromatic heterocycles. The lowest BCUT2D eigenvalue weighted by Gasteiger charge is -2.74. The van der Waals surface area contributed by atoms with Crippen molar-refractivity contribution in [3.63, 3.8) is 0 Å². The predicted molar refractivity (Wildman–Crippen MR) is 248 cm³/mol. The number of aldehydes is 1. The van der Waals surface area contributed by atoms with E-state index in [-0.39, 0.29) is 35.2 Å². The second kappa shape index (κ2) is 19.1. The van der Waals surface area contributed by atoms with Crippen LogP contribution in [0.2, 0.25) is 0 Å². The van der Waals surface area contributed by atoms with Gasteiger partial charge in [0.1, 0.15) is 91.4 Å². The molecule has 0 radical (unpaired) electrons. The summed E-state index contributed by atoms with van der Waals surface area (Å²) < 4.78 is 55.4. The Hall–Kier alpha value is -1.42. The Morgan fingerprint density at radius 2 is 1.29 bits per heavy atom. The first-order valence-electron chi connectivity index (χ1n) is 26.8. The molecule has 0 aromatic carbocycles. The van der Waals surface area contributed by atoms with E-state index in [1.807, 2.05) is 6.92 Å². The summed E-state index contributed by atoms with van der Waals surface area (Å²) in [5.74, 6) is 0.770. The highest BCUT2D eigenvalue weighted by Crippen LogP contribution is 2.80. The Kier molecular flexibility index (Phi) is 14.4. The predicted octanol–water partition coefficient (Wildman–Crippen LogP) is -0.658. The number of carbonyl (C=O) groups is 2. The van der Waals surface area contributed by atoms with Crippen molar-refractivity contribution in [2.75, 3.05) is 26.4 Å². The molecule has 5 aliphatic heterocycles. The van der Waals surface area contributed by atoms with Gasteiger partial charge < -0.3 is 98.5 Å². The lowest BCUT2D eigenvalue weighted by Crippen LogP contribution is -2.73. The molecule has 0 amide bonds. The Balaban J connectivity index is 0.841. The van der Waals surface area contributed by atoms with Crippen LogP contribution in [-0.2, 0) is 52.2 Å². The van der Waals surface area contributed by atoms with E-state index in [4.69, 9.17) is 42.6 Å². The number of fused-ring (bicyclic) bond motifs is 4. The average molecular weight is 1040 g/mol. The van der Waals surface area contributed by atoms with Crippen LogP contribution in [-0.4, -0.2) is 212 Å². The molecule has 28 unspecified atom stereocenters. The van der Waals surface area contributed by atoms with Gasteiger partial charge in [-0.1, -0.05) is 41.5 Å². The summed E-state index contributed by atoms with van der Waals surface area (Å²) >= 11 is 0. The molecule has 10 rings (SSSR count). The summed E-state index contributed by atoms with van der Waals surface area (Å²) in [6.07, 6.45) is -20.8. The second-order valence-electron chi connectivity index (χ2n) is 25.6. The van der Waals surface area contributed by atoms with Crippen LogP contribution in [0.15, 0.2) is 0 Å². The summed E-state index contributed by atoms with van der Waals surface area (Å²) in [7, 11) is 0. The van der Waals surface area contributed by atoms with Gasteiger partial charge in [0, 0.05) is 23.2 Å². The van der Waals surface area contributed by atoms with Gasteiger partial charge in [-0.25, -0.2) is 0 Å². The van der Waals surface area contributed by atoms with Crippen LogP contribution in [0.4, 0.5) is 0 Å². The highest BCUT2D eigenvalue weighted by atomic mass is 16.8. The number of aliphatic hydroxyl groups is 10. The minimum absolute atomic E-state index is 0.00591. The third kappa shape index (κ3) is 8.17. The monoisotopic (exact) mass is 1040 g/mol. The highest BCUT2D eigenvalue weighted by molar-refractivity contribution is 5.89. The van der Waals surface area contributed by atoms with Gasteiger partial charge >= 0.3 is 0 Å². The van der Waals surface area contributed by atoms with Gasteiger partial charge in [0.05, 0.1) is 49.7 Å². The average Bonchev–Trinajstić information content (AvgIpc) is 3.64. The van der Waals surface area contributed by atoms with E-state index in [2.05, 4.69) is 34.6 Å². The van der Waals surface area contributed by atoms with Gasteiger partial charge in [0.25, 0.3) is 0 Å². The zero-order chi connectivity index (χ0) is 52.7. The van der Waals surface area contributed by atoms with E-state index < -0.39 is 157 Å². The molecule has 0 aromatic rings. The van der Waals surface area contributed by atoms with E-state index in [1.165, 1.54) is 6.92 Å². The topological polar surface area (TPSA) is 320 Å². The van der Waals surface area contributed by atoms with Gasteiger partial charge in [0.15, 0.2) is 25.2 Å². The van der Waals surface area contributed by atoms with Gasteiger partial charge in [-0.2, -0.15) is 0 Å². The van der Waals surface area contributed by atoms with Gasteiger partial charge in [0.2, 0.25) is 0 Å². The molecule has 28 atom stereocenters. The number of ketones is 1. The van der Waals surface area contributed by atoms with Crippen LogP contribution in [0.25, 0.3) is 0 Å². The lowest BCUT2D eigenvalue weighted by molar-refractivity contribution is -0.397. The number of aliphatic hydroxyl groups excluding tert-OH is 10. The zero-order valence-electron chi connectivity index (χ0n) is 43.1. The molecular weight excluding hydrogens is 961 g/mol. The highest BCUT2D eigenvalue weighted by Gasteiger charge is 2.80. The van der Waals surface area contributed by atoms with Crippen LogP contribution >= 0.6 is 0 Å². The Morgan fingerprint density at radius 3 is 2.00 bits per heavy atom. The fraction of sp³-hybridized carbons (Fsp3) is 0.962. The molecule has 416 valence electrons. The van der Waals surface area contributed by atoms with Gasteiger partial charge in [-0.05, 0) is 92.8 Å². The fourth-order valence-corrected chi connectivity index (χ4v) is 17.1. The van der Waals surface area contributed by atoms with Crippen molar-refractivity contribution in [3.05, 3.63) is 0 Å². The first-order valence-corrected chi connectivity index (χ1v) is 26.8. The van der Waals surface area contributed by atoms with E-state index in [0.717, 1.165) is 38.4 Å². The molecule has 73 heavy (non-hydrogen) atoms. The third-order valence-electron chi connectivity index (χ3n) is 21.7.